The van der Waals surface area contributed by atoms with Crippen molar-refractivity contribution in [2.24, 2.45) is 17.1 Å². The first-order valence-corrected chi connectivity index (χ1v) is 16.0. The Labute approximate surface area is 270 Å². The van der Waals surface area contributed by atoms with Gasteiger partial charge in [0, 0.05) is 30.1 Å². The first-order chi connectivity index (χ1) is 22.1. The lowest BCUT2D eigenvalue weighted by atomic mass is 9.68. The smallest absolute Gasteiger partial charge is 0.490 e. The normalized spacial score (nSPS) is 19.8. The number of hydrogen-bond acceptors (Lipinski definition) is 7. The molecule has 6 N–H and O–H groups in total. The van der Waals surface area contributed by atoms with Crippen LogP contribution in [0.3, 0.4) is 0 Å². The predicted octanol–water partition coefficient (Wildman–Crippen LogP) is 4.34. The number of ketones is 1. The number of benzene rings is 3. The van der Waals surface area contributed by atoms with Gasteiger partial charge < -0.3 is 20.9 Å². The fourth-order valence-corrected chi connectivity index (χ4v) is 6.81. The highest BCUT2D eigenvalue weighted by molar-refractivity contribution is 7.89. The van der Waals surface area contributed by atoms with Crippen molar-refractivity contribution in [3.8, 4) is 5.75 Å². The van der Waals surface area contributed by atoms with E-state index in [2.05, 4.69) is 10.0 Å². The summed E-state index contributed by atoms with van der Waals surface area (Å²) < 4.78 is 66.9. The number of carbonyl (C=O) groups is 2. The fourth-order valence-electron chi connectivity index (χ4n) is 5.66. The molecular weight excluding hydrogens is 637 g/mol. The van der Waals surface area contributed by atoms with Crippen molar-refractivity contribution in [2.75, 3.05) is 26.7 Å². The number of nitrogen functional groups attached to an aromatic ring is 1. The molecule has 1 aliphatic carbocycles. The molecule has 0 saturated carbocycles. The fraction of sp³-hybridized carbons (Fsp3) is 0.303. The number of hydrogen-bond donors (Lipinski definition) is 5. The van der Waals surface area contributed by atoms with E-state index in [-0.39, 0.29) is 35.4 Å². The zero-order valence-corrected chi connectivity index (χ0v) is 26.5. The Balaban J connectivity index is 0.000000644. The first kappa shape index (κ1) is 35.3. The Morgan fingerprint density at radius 1 is 1.15 bits per heavy atom. The summed E-state index contributed by atoms with van der Waals surface area (Å²) in [5, 5.41) is 19.9. The molecular formula is C33H35F3N4O6S. The molecule has 1 aliphatic heterocycles. The van der Waals surface area contributed by atoms with Crippen LogP contribution in [0.25, 0.3) is 10.8 Å². The quantitative estimate of drug-likeness (QED) is 0.165. The third-order valence-corrected chi connectivity index (χ3v) is 9.55. The first-order valence-electron chi connectivity index (χ1n) is 14.5. The highest BCUT2D eigenvalue weighted by Gasteiger charge is 2.43. The van der Waals surface area contributed by atoms with Gasteiger partial charge in [-0.15, -0.1) is 0 Å². The van der Waals surface area contributed by atoms with Crippen LogP contribution in [-0.2, 0) is 26.0 Å². The van der Waals surface area contributed by atoms with Crippen LogP contribution in [0.1, 0.15) is 24.5 Å². The van der Waals surface area contributed by atoms with Crippen molar-refractivity contribution in [2.45, 2.75) is 30.8 Å². The standard InChI is InChI=1S/C31H34N4O4S.C2HF3O2/c1-20-10-12-31(29(36)28(20)24-11-13-34-18-24,17-21-4-3-5-23(14-21)30(32)33)19-35-40(37,38)27-9-7-22-6-8-26(39-2)15-25(22)16-27;3-2(4,5)1(6)7/h3-10,12,14-16,24,34-35H,11,13,17-19H2,1-2H3,(H3,32,33);(H,6,7)/t24-,31?;/m1./s1. The number of rotatable bonds is 9. The lowest BCUT2D eigenvalue weighted by Gasteiger charge is -2.35. The van der Waals surface area contributed by atoms with Gasteiger partial charge in [-0.05, 0) is 78.6 Å². The molecule has 1 saturated heterocycles. The van der Waals surface area contributed by atoms with E-state index in [0.29, 0.717) is 17.9 Å². The van der Waals surface area contributed by atoms with Crippen molar-refractivity contribution in [1.29, 1.82) is 5.41 Å². The van der Waals surface area contributed by atoms with Gasteiger partial charge in [0.15, 0.2) is 5.78 Å². The summed E-state index contributed by atoms with van der Waals surface area (Å²) in [5.41, 5.74) is 7.61. The number of halogens is 3. The number of nitrogens with one attached hydrogen (secondary N) is 3. The van der Waals surface area contributed by atoms with Gasteiger partial charge in [-0.3, -0.25) is 10.2 Å². The van der Waals surface area contributed by atoms with E-state index >= 15 is 0 Å². The van der Waals surface area contributed by atoms with Crippen LogP contribution in [0, 0.1) is 16.7 Å². The van der Waals surface area contributed by atoms with E-state index in [1.54, 1.807) is 49.6 Å². The molecule has 5 rings (SSSR count). The second-order valence-corrected chi connectivity index (χ2v) is 13.2. The van der Waals surface area contributed by atoms with Crippen molar-refractivity contribution in [1.82, 2.24) is 10.0 Å². The van der Waals surface area contributed by atoms with Crippen LogP contribution in [0.5, 0.6) is 5.75 Å². The molecule has 0 radical (unpaired) electrons. The summed E-state index contributed by atoms with van der Waals surface area (Å²) >= 11 is 0. The molecule has 0 aromatic heterocycles. The van der Waals surface area contributed by atoms with Crippen LogP contribution in [-0.4, -0.2) is 64.0 Å². The average molecular weight is 673 g/mol. The maximum Gasteiger partial charge on any atom is 0.490 e. The van der Waals surface area contributed by atoms with E-state index in [1.807, 2.05) is 37.3 Å². The Kier molecular flexibility index (Phi) is 10.6. The monoisotopic (exact) mass is 672 g/mol. The zero-order chi connectivity index (χ0) is 34.6. The third kappa shape index (κ3) is 8.25. The average Bonchev–Trinajstić information content (AvgIpc) is 3.56. The highest BCUT2D eigenvalue weighted by atomic mass is 32.2. The number of carbonyl (C=O) groups excluding carboxylic acids is 1. The summed E-state index contributed by atoms with van der Waals surface area (Å²) in [6.45, 7) is 3.39. The number of sulfonamides is 1. The van der Waals surface area contributed by atoms with Gasteiger partial charge in [0.2, 0.25) is 10.0 Å². The number of fused-ring (bicyclic) bond motifs is 1. The molecule has 47 heavy (non-hydrogen) atoms. The summed E-state index contributed by atoms with van der Waals surface area (Å²) in [6, 6.07) is 17.6. The molecule has 0 bridgehead atoms. The molecule has 3 aromatic rings. The van der Waals surface area contributed by atoms with E-state index in [9.17, 15) is 26.4 Å². The lowest BCUT2D eigenvalue weighted by molar-refractivity contribution is -0.192. The second-order valence-electron chi connectivity index (χ2n) is 11.4. The number of methoxy groups -OCH3 is 1. The number of allylic oxidation sites excluding steroid dienone is 2. The van der Waals surface area contributed by atoms with E-state index in [0.717, 1.165) is 40.4 Å². The Morgan fingerprint density at radius 2 is 1.85 bits per heavy atom. The predicted molar refractivity (Wildman–Crippen MR) is 171 cm³/mol. The maximum atomic E-state index is 14.3. The molecule has 3 aromatic carbocycles. The molecule has 0 amide bonds. The Hall–Kier alpha value is -4.53. The molecule has 10 nitrogen and oxygen atoms in total. The van der Waals surface area contributed by atoms with E-state index in [4.69, 9.17) is 25.8 Å². The molecule has 2 aliphatic rings. The topological polar surface area (TPSA) is 172 Å². The second kappa shape index (κ2) is 14.1. The number of aliphatic carboxylic acids is 1. The minimum atomic E-state index is -5.08. The number of nitrogens with two attached hydrogens (primary N) is 1. The molecule has 0 spiro atoms. The summed E-state index contributed by atoms with van der Waals surface area (Å²) in [5.74, 6) is -2.18. The Morgan fingerprint density at radius 3 is 2.47 bits per heavy atom. The summed E-state index contributed by atoms with van der Waals surface area (Å²) in [6.07, 6.45) is -0.183. The van der Waals surface area contributed by atoms with Crippen LogP contribution in [0.4, 0.5) is 13.2 Å². The Bertz CT molecular complexity index is 1870. The molecule has 1 heterocycles. The van der Waals surface area contributed by atoms with Crippen molar-refractivity contribution < 1.29 is 41.0 Å². The van der Waals surface area contributed by atoms with Crippen LogP contribution in [0.15, 0.2) is 88.9 Å². The largest absolute Gasteiger partial charge is 0.497 e. The molecule has 14 heteroatoms. The summed E-state index contributed by atoms with van der Waals surface area (Å²) in [7, 11) is -2.39. The number of amidine groups is 1. The van der Waals surface area contributed by atoms with Crippen molar-refractivity contribution in [3.63, 3.8) is 0 Å². The number of carboxylic acid groups (broad SMARTS) is 1. The zero-order valence-electron chi connectivity index (χ0n) is 25.6. The minimum absolute atomic E-state index is 0.0662. The van der Waals surface area contributed by atoms with Crippen LogP contribution < -0.4 is 20.5 Å². The van der Waals surface area contributed by atoms with Gasteiger partial charge in [0.1, 0.15) is 11.6 Å². The lowest BCUT2D eigenvalue weighted by Crippen LogP contribution is -2.46. The number of carboxylic acids is 1. The maximum absolute atomic E-state index is 14.3. The van der Waals surface area contributed by atoms with Crippen LogP contribution >= 0.6 is 0 Å². The SMILES string of the molecule is COc1ccc2ccc(S(=O)(=O)NCC3(Cc4cccc(C(=N)N)c4)C=CC(C)=C([C@@H]4CCNC4)C3=O)cc2c1.O=C(O)C(F)(F)F. The number of alkyl halides is 3. The van der Waals surface area contributed by atoms with Gasteiger partial charge in [0.05, 0.1) is 17.4 Å². The number of ether oxygens (including phenoxy) is 1. The molecule has 250 valence electrons. The molecule has 1 unspecified atom stereocenters. The summed E-state index contributed by atoms with van der Waals surface area (Å²) in [4.78, 5) is 23.3. The van der Waals surface area contributed by atoms with Gasteiger partial charge in [0.25, 0.3) is 0 Å². The van der Waals surface area contributed by atoms with Crippen LogP contribution in [0.2, 0.25) is 0 Å². The van der Waals surface area contributed by atoms with E-state index < -0.39 is 27.6 Å². The number of Topliss-reactive ketones (excluding diaryl/α,β-unsaturated/α-hetero) is 1. The minimum Gasteiger partial charge on any atom is -0.497 e. The van der Waals surface area contributed by atoms with Gasteiger partial charge in [-0.1, -0.05) is 42.5 Å². The third-order valence-electron chi connectivity index (χ3n) is 8.15. The van der Waals surface area contributed by atoms with Crippen molar-refractivity contribution in [3.05, 3.63) is 95.1 Å². The highest BCUT2D eigenvalue weighted by Crippen LogP contribution is 2.39. The van der Waals surface area contributed by atoms with Gasteiger partial charge >= 0.3 is 12.1 Å². The molecule has 1 fully saturated rings. The van der Waals surface area contributed by atoms with Gasteiger partial charge in [-0.2, -0.15) is 13.2 Å². The van der Waals surface area contributed by atoms with Crippen molar-refractivity contribution >= 4 is 38.4 Å². The molecule has 2 atom stereocenters. The van der Waals surface area contributed by atoms with Gasteiger partial charge in [-0.25, -0.2) is 17.9 Å². The van der Waals surface area contributed by atoms with E-state index in [1.165, 1.54) is 0 Å².